The molecule has 7 heteroatoms. The lowest BCUT2D eigenvalue weighted by molar-refractivity contribution is -0.127. The van der Waals surface area contributed by atoms with Crippen molar-refractivity contribution in [3.05, 3.63) is 95.6 Å². The van der Waals surface area contributed by atoms with E-state index in [1.165, 1.54) is 7.11 Å². The number of hydrogen-bond acceptors (Lipinski definition) is 6. The van der Waals surface area contributed by atoms with E-state index < -0.39 is 46.9 Å². The lowest BCUT2D eigenvalue weighted by Crippen LogP contribution is -2.51. The number of carbonyl (C=O) groups is 4. The number of nitrogens with zero attached hydrogens (tertiary/aromatic N) is 1. The van der Waals surface area contributed by atoms with Crippen LogP contribution in [-0.2, 0) is 14.3 Å². The van der Waals surface area contributed by atoms with Crippen molar-refractivity contribution in [1.29, 1.82) is 0 Å². The SMILES string of the molecule is COc1ccc(N2C(=O)[C@@H]3C(c4ccccc4)OC4(C(=O)c5ccccc5C4=O)[C@@H]3C2=O)cc1. The van der Waals surface area contributed by atoms with Gasteiger partial charge in [-0.3, -0.25) is 19.2 Å². The highest BCUT2D eigenvalue weighted by atomic mass is 16.5. The van der Waals surface area contributed by atoms with Gasteiger partial charge in [-0.1, -0.05) is 54.6 Å². The van der Waals surface area contributed by atoms with Crippen LogP contribution in [0.4, 0.5) is 5.69 Å². The van der Waals surface area contributed by atoms with Crippen LogP contribution in [0.5, 0.6) is 5.75 Å². The van der Waals surface area contributed by atoms with Crippen molar-refractivity contribution in [3.63, 3.8) is 0 Å². The summed E-state index contributed by atoms with van der Waals surface area (Å²) >= 11 is 0. The molecule has 2 saturated heterocycles. The highest BCUT2D eigenvalue weighted by Crippen LogP contribution is 2.57. The van der Waals surface area contributed by atoms with E-state index in [0.717, 1.165) is 4.90 Å². The van der Waals surface area contributed by atoms with Crippen molar-refractivity contribution in [2.45, 2.75) is 11.7 Å². The fourth-order valence-electron chi connectivity index (χ4n) is 5.45. The second-order valence-corrected chi connectivity index (χ2v) is 8.60. The predicted octanol–water partition coefficient (Wildman–Crippen LogP) is 3.39. The lowest BCUT2D eigenvalue weighted by Gasteiger charge is -2.27. The van der Waals surface area contributed by atoms with Crippen LogP contribution < -0.4 is 9.64 Å². The van der Waals surface area contributed by atoms with Gasteiger partial charge < -0.3 is 9.47 Å². The molecule has 1 spiro atoms. The Labute approximate surface area is 194 Å². The molecule has 34 heavy (non-hydrogen) atoms. The number of carbonyl (C=O) groups excluding carboxylic acids is 4. The molecule has 6 rings (SSSR count). The van der Waals surface area contributed by atoms with Gasteiger partial charge in [-0.15, -0.1) is 0 Å². The monoisotopic (exact) mass is 453 g/mol. The van der Waals surface area contributed by atoms with Crippen LogP contribution >= 0.6 is 0 Å². The summed E-state index contributed by atoms with van der Waals surface area (Å²) in [5, 5.41) is 0. The maximum absolute atomic E-state index is 13.8. The van der Waals surface area contributed by atoms with Crippen LogP contribution in [0.25, 0.3) is 0 Å². The fourth-order valence-corrected chi connectivity index (χ4v) is 5.45. The number of hydrogen-bond donors (Lipinski definition) is 0. The maximum Gasteiger partial charge on any atom is 0.241 e. The molecule has 1 unspecified atom stereocenters. The number of ether oxygens (including phenoxy) is 2. The molecule has 2 heterocycles. The van der Waals surface area contributed by atoms with Crippen molar-refractivity contribution in [2.24, 2.45) is 11.8 Å². The van der Waals surface area contributed by atoms with Gasteiger partial charge in [-0.05, 0) is 29.8 Å². The predicted molar refractivity (Wildman–Crippen MR) is 121 cm³/mol. The average molecular weight is 453 g/mol. The third-order valence-corrected chi connectivity index (χ3v) is 6.98. The summed E-state index contributed by atoms with van der Waals surface area (Å²) < 4.78 is 11.4. The largest absolute Gasteiger partial charge is 0.497 e. The first-order chi connectivity index (χ1) is 16.5. The summed E-state index contributed by atoms with van der Waals surface area (Å²) in [7, 11) is 1.52. The molecule has 3 aromatic carbocycles. The van der Waals surface area contributed by atoms with Crippen molar-refractivity contribution >= 4 is 29.1 Å². The average Bonchev–Trinajstić information content (AvgIpc) is 3.45. The molecule has 3 atom stereocenters. The van der Waals surface area contributed by atoms with Crippen LogP contribution in [0.1, 0.15) is 32.4 Å². The minimum Gasteiger partial charge on any atom is -0.497 e. The number of imide groups is 1. The maximum atomic E-state index is 13.8. The van der Waals surface area contributed by atoms with Gasteiger partial charge in [0, 0.05) is 11.1 Å². The molecule has 2 fully saturated rings. The molecule has 0 aromatic heterocycles. The Morgan fingerprint density at radius 2 is 1.35 bits per heavy atom. The van der Waals surface area contributed by atoms with Crippen molar-refractivity contribution in [1.82, 2.24) is 0 Å². The van der Waals surface area contributed by atoms with E-state index in [-0.39, 0.29) is 11.1 Å². The van der Waals surface area contributed by atoms with Gasteiger partial charge in [0.1, 0.15) is 5.75 Å². The molecule has 2 aliphatic heterocycles. The second kappa shape index (κ2) is 7.20. The normalized spacial score (nSPS) is 24.6. The molecular weight excluding hydrogens is 434 g/mol. The Morgan fingerprint density at radius 3 is 1.94 bits per heavy atom. The topological polar surface area (TPSA) is 90.0 Å². The minimum atomic E-state index is -2.07. The van der Waals surface area contributed by atoms with E-state index in [4.69, 9.17) is 9.47 Å². The Kier molecular flexibility index (Phi) is 4.34. The van der Waals surface area contributed by atoms with Crippen molar-refractivity contribution in [3.8, 4) is 5.75 Å². The summed E-state index contributed by atoms with van der Waals surface area (Å²) in [4.78, 5) is 56.0. The van der Waals surface area contributed by atoms with Crippen molar-refractivity contribution in [2.75, 3.05) is 12.0 Å². The molecule has 2 amide bonds. The van der Waals surface area contributed by atoms with E-state index in [9.17, 15) is 19.2 Å². The van der Waals surface area contributed by atoms with Crippen LogP contribution in [0.15, 0.2) is 78.9 Å². The lowest BCUT2D eigenvalue weighted by atomic mass is 9.77. The molecule has 0 bridgehead atoms. The van der Waals surface area contributed by atoms with Crippen LogP contribution in [0.3, 0.4) is 0 Å². The van der Waals surface area contributed by atoms with Crippen LogP contribution in [-0.4, -0.2) is 36.1 Å². The van der Waals surface area contributed by atoms with Gasteiger partial charge in [-0.25, -0.2) is 4.90 Å². The van der Waals surface area contributed by atoms with Crippen molar-refractivity contribution < 1.29 is 28.7 Å². The van der Waals surface area contributed by atoms with E-state index in [1.54, 1.807) is 72.8 Å². The number of anilines is 1. The molecule has 3 aromatic rings. The molecule has 1 aliphatic carbocycles. The number of rotatable bonds is 3. The number of fused-ring (bicyclic) bond motifs is 3. The fraction of sp³-hybridized carbons (Fsp3) is 0.185. The highest BCUT2D eigenvalue weighted by Gasteiger charge is 2.74. The Hall–Kier alpha value is -4.10. The van der Waals surface area contributed by atoms with Gasteiger partial charge in [-0.2, -0.15) is 0 Å². The minimum absolute atomic E-state index is 0.211. The summed E-state index contributed by atoms with van der Waals surface area (Å²) in [6.07, 6.45) is -0.923. The smallest absolute Gasteiger partial charge is 0.241 e. The Balaban J connectivity index is 1.52. The molecule has 7 nitrogen and oxygen atoms in total. The van der Waals surface area contributed by atoms with Gasteiger partial charge >= 0.3 is 0 Å². The van der Waals surface area contributed by atoms with E-state index >= 15 is 0 Å². The van der Waals surface area contributed by atoms with Crippen LogP contribution in [0, 0.1) is 11.8 Å². The highest BCUT2D eigenvalue weighted by molar-refractivity contribution is 6.37. The van der Waals surface area contributed by atoms with E-state index in [1.807, 2.05) is 6.07 Å². The number of amides is 2. The van der Waals surface area contributed by atoms with E-state index in [2.05, 4.69) is 0 Å². The molecule has 3 aliphatic rings. The quantitative estimate of drug-likeness (QED) is 0.446. The zero-order chi connectivity index (χ0) is 23.6. The molecule has 0 N–H and O–H groups in total. The van der Waals surface area contributed by atoms with E-state index in [0.29, 0.717) is 17.0 Å². The summed E-state index contributed by atoms with van der Waals surface area (Å²) in [5.74, 6) is -3.96. The molecule has 168 valence electrons. The van der Waals surface area contributed by atoms with Gasteiger partial charge in [0.15, 0.2) is 0 Å². The molecule has 0 radical (unpaired) electrons. The van der Waals surface area contributed by atoms with Gasteiger partial charge in [0.2, 0.25) is 29.0 Å². The summed E-state index contributed by atoms with van der Waals surface area (Å²) in [6.45, 7) is 0. The Morgan fingerprint density at radius 1 is 0.765 bits per heavy atom. The first-order valence-corrected chi connectivity index (χ1v) is 10.9. The number of methoxy groups -OCH3 is 1. The number of benzene rings is 3. The standard InChI is InChI=1S/C27H19NO6/c1-33-17-13-11-16(12-14-17)28-25(31)20-21(26(28)32)27(34-22(20)15-7-3-2-4-8-15)23(29)18-9-5-6-10-19(18)24(27)30/h2-14,20-22H,1H3/t20-,21-,22?/m0/s1. The summed E-state index contributed by atoms with van der Waals surface area (Å²) in [6, 6.07) is 21.9. The number of ketones is 2. The molecule has 0 saturated carbocycles. The second-order valence-electron chi connectivity index (χ2n) is 8.60. The zero-order valence-electron chi connectivity index (χ0n) is 18.1. The molecular formula is C27H19NO6. The third kappa shape index (κ3) is 2.50. The first-order valence-electron chi connectivity index (χ1n) is 10.9. The zero-order valence-corrected chi connectivity index (χ0v) is 18.1. The van der Waals surface area contributed by atoms with Gasteiger partial charge in [0.05, 0.1) is 30.7 Å². The van der Waals surface area contributed by atoms with Crippen LogP contribution in [0.2, 0.25) is 0 Å². The van der Waals surface area contributed by atoms with Gasteiger partial charge in [0.25, 0.3) is 0 Å². The first kappa shape index (κ1) is 20.5. The number of Topliss-reactive ketones (excluding diaryl/α,β-unsaturated/α-hetero) is 2. The Bertz CT molecular complexity index is 1330. The third-order valence-electron chi connectivity index (χ3n) is 6.98. The summed E-state index contributed by atoms with van der Waals surface area (Å²) in [5.41, 5.74) is -0.666.